The molecular weight excluding hydrogens is 502 g/mol. The van der Waals surface area contributed by atoms with Crippen LogP contribution in [0.4, 0.5) is 17.3 Å². The number of carbonyl (C=O) groups excluding carboxylic acids is 1. The first-order chi connectivity index (χ1) is 15.9. The maximum atomic E-state index is 12.6. The SMILES string of the molecule is Cc1ccnc(NS(=O)(=O)c2ccc(NC(=O)CN(c3cccc(Cl)c3C)S(C)(=O)=O)cc2)n1. The minimum atomic E-state index is -3.95. The molecular formula is C21H22ClN5O5S2. The number of sulfonamides is 2. The van der Waals surface area contributed by atoms with E-state index in [-0.39, 0.29) is 22.2 Å². The summed E-state index contributed by atoms with van der Waals surface area (Å²) in [6.07, 6.45) is 2.43. The monoisotopic (exact) mass is 523 g/mol. The fourth-order valence-corrected chi connectivity index (χ4v) is 5.00. The number of hydrogen-bond donors (Lipinski definition) is 2. The van der Waals surface area contributed by atoms with Gasteiger partial charge in [0.2, 0.25) is 21.9 Å². The highest BCUT2D eigenvalue weighted by atomic mass is 35.5. The van der Waals surface area contributed by atoms with Crippen molar-refractivity contribution in [2.75, 3.05) is 27.1 Å². The summed E-state index contributed by atoms with van der Waals surface area (Å²) < 4.78 is 53.0. The number of aryl methyl sites for hydroxylation is 1. The molecule has 2 aromatic carbocycles. The van der Waals surface area contributed by atoms with Gasteiger partial charge in [-0.3, -0.25) is 9.10 Å². The molecule has 0 atom stereocenters. The zero-order valence-electron chi connectivity index (χ0n) is 18.5. The van der Waals surface area contributed by atoms with Gasteiger partial charge >= 0.3 is 0 Å². The Balaban J connectivity index is 1.74. The number of nitrogens with one attached hydrogen (secondary N) is 2. The Bertz CT molecular complexity index is 1430. The fraction of sp³-hybridized carbons (Fsp3) is 0.190. The Labute approximate surface area is 203 Å². The van der Waals surface area contributed by atoms with E-state index in [0.717, 1.165) is 10.6 Å². The fourth-order valence-electron chi connectivity index (χ4n) is 2.97. The van der Waals surface area contributed by atoms with Gasteiger partial charge in [-0.15, -0.1) is 0 Å². The van der Waals surface area contributed by atoms with Crippen LogP contribution < -0.4 is 14.3 Å². The molecule has 1 amide bonds. The van der Waals surface area contributed by atoms with Crippen molar-refractivity contribution in [1.82, 2.24) is 9.97 Å². The highest BCUT2D eigenvalue weighted by Crippen LogP contribution is 2.28. The van der Waals surface area contributed by atoms with Crippen LogP contribution in [0, 0.1) is 13.8 Å². The van der Waals surface area contributed by atoms with E-state index < -0.39 is 32.5 Å². The van der Waals surface area contributed by atoms with Crippen LogP contribution in [0.1, 0.15) is 11.3 Å². The predicted octanol–water partition coefficient (Wildman–Crippen LogP) is 2.95. The van der Waals surface area contributed by atoms with Crippen molar-refractivity contribution < 1.29 is 21.6 Å². The van der Waals surface area contributed by atoms with Crippen LogP contribution >= 0.6 is 11.6 Å². The Morgan fingerprint density at radius 2 is 1.71 bits per heavy atom. The normalized spacial score (nSPS) is 11.6. The lowest BCUT2D eigenvalue weighted by Gasteiger charge is -2.24. The summed E-state index contributed by atoms with van der Waals surface area (Å²) in [4.78, 5) is 20.4. The largest absolute Gasteiger partial charge is 0.325 e. The molecule has 34 heavy (non-hydrogen) atoms. The van der Waals surface area contributed by atoms with Gasteiger partial charge in [0.05, 0.1) is 16.8 Å². The number of nitrogens with zero attached hydrogens (tertiary/aromatic N) is 3. The molecule has 0 bridgehead atoms. The van der Waals surface area contributed by atoms with Gasteiger partial charge in [0.1, 0.15) is 6.54 Å². The van der Waals surface area contributed by atoms with Gasteiger partial charge in [-0.05, 0) is 61.9 Å². The average molecular weight is 524 g/mol. The Morgan fingerprint density at radius 3 is 2.32 bits per heavy atom. The lowest BCUT2D eigenvalue weighted by atomic mass is 10.2. The molecule has 1 aromatic heterocycles. The van der Waals surface area contributed by atoms with Gasteiger partial charge < -0.3 is 5.32 Å². The van der Waals surface area contributed by atoms with Gasteiger partial charge in [0.15, 0.2) is 0 Å². The Kier molecular flexibility index (Phi) is 7.44. The van der Waals surface area contributed by atoms with Crippen molar-refractivity contribution >= 4 is 54.9 Å². The maximum Gasteiger partial charge on any atom is 0.264 e. The minimum absolute atomic E-state index is 0.0606. The highest BCUT2D eigenvalue weighted by molar-refractivity contribution is 7.92. The summed E-state index contributed by atoms with van der Waals surface area (Å²) in [6.45, 7) is 2.87. The van der Waals surface area contributed by atoms with Gasteiger partial charge in [0.25, 0.3) is 10.0 Å². The van der Waals surface area contributed by atoms with Crippen LogP contribution in [0.15, 0.2) is 59.6 Å². The van der Waals surface area contributed by atoms with Crippen LogP contribution in [0.25, 0.3) is 0 Å². The predicted molar refractivity (Wildman–Crippen MR) is 131 cm³/mol. The zero-order chi connectivity index (χ0) is 25.1. The summed E-state index contributed by atoms with van der Waals surface area (Å²) in [6, 6.07) is 11.8. The molecule has 13 heteroatoms. The van der Waals surface area contributed by atoms with E-state index in [1.54, 1.807) is 38.1 Å². The van der Waals surface area contributed by atoms with Gasteiger partial charge in [-0.2, -0.15) is 0 Å². The molecule has 0 fully saturated rings. The number of anilines is 3. The van der Waals surface area contributed by atoms with E-state index in [0.29, 0.717) is 16.3 Å². The third-order valence-corrected chi connectivity index (χ3v) is 7.54. The summed E-state index contributed by atoms with van der Waals surface area (Å²) in [5.74, 6) is -0.679. The number of rotatable bonds is 8. The molecule has 0 aliphatic heterocycles. The van der Waals surface area contributed by atoms with E-state index >= 15 is 0 Å². The summed E-state index contributed by atoms with van der Waals surface area (Å²) in [5, 5.41) is 2.93. The van der Waals surface area contributed by atoms with Crippen molar-refractivity contribution in [2.24, 2.45) is 0 Å². The van der Waals surface area contributed by atoms with Crippen molar-refractivity contribution in [2.45, 2.75) is 18.7 Å². The Morgan fingerprint density at radius 1 is 1.03 bits per heavy atom. The van der Waals surface area contributed by atoms with Crippen molar-refractivity contribution in [1.29, 1.82) is 0 Å². The molecule has 0 unspecified atom stereocenters. The summed E-state index contributed by atoms with van der Waals surface area (Å²) in [5.41, 5.74) is 1.69. The molecule has 10 nitrogen and oxygen atoms in total. The topological polar surface area (TPSA) is 138 Å². The van der Waals surface area contributed by atoms with Crippen LogP contribution in [0.5, 0.6) is 0 Å². The first kappa shape index (κ1) is 25.4. The molecule has 180 valence electrons. The number of amides is 1. The molecule has 1 heterocycles. The summed E-state index contributed by atoms with van der Waals surface area (Å²) >= 11 is 6.10. The highest BCUT2D eigenvalue weighted by Gasteiger charge is 2.23. The molecule has 0 aliphatic rings. The lowest BCUT2D eigenvalue weighted by Crippen LogP contribution is -2.37. The average Bonchev–Trinajstić information content (AvgIpc) is 2.73. The van der Waals surface area contributed by atoms with Crippen LogP contribution in [0.2, 0.25) is 5.02 Å². The van der Waals surface area contributed by atoms with Crippen LogP contribution in [-0.4, -0.2) is 45.5 Å². The summed E-state index contributed by atoms with van der Waals surface area (Å²) in [7, 11) is -7.74. The van der Waals surface area contributed by atoms with Crippen LogP contribution in [-0.2, 0) is 24.8 Å². The standard InChI is InChI=1S/C21H22ClN5O5S2/c1-14-11-12-23-21(24-14)26-34(31,32)17-9-7-16(8-10-17)25-20(28)13-27(33(3,29)30)19-6-4-5-18(22)15(19)2/h4-12H,13H2,1-3H3,(H,25,28)(H,23,24,26). The van der Waals surface area contributed by atoms with Gasteiger partial charge in [-0.25, -0.2) is 31.5 Å². The molecule has 3 aromatic rings. The lowest BCUT2D eigenvalue weighted by molar-refractivity contribution is -0.114. The van der Waals surface area contributed by atoms with Crippen molar-refractivity contribution in [3.63, 3.8) is 0 Å². The van der Waals surface area contributed by atoms with Gasteiger partial charge in [0, 0.05) is 22.6 Å². The first-order valence-corrected chi connectivity index (χ1v) is 13.5. The van der Waals surface area contributed by atoms with Gasteiger partial charge in [-0.1, -0.05) is 17.7 Å². The number of hydrogen-bond acceptors (Lipinski definition) is 7. The second-order valence-corrected chi connectivity index (χ2v) is 11.3. The maximum absolute atomic E-state index is 12.6. The molecule has 0 radical (unpaired) electrons. The van der Waals surface area contributed by atoms with E-state index in [1.807, 2.05) is 0 Å². The smallest absolute Gasteiger partial charge is 0.264 e. The van der Waals surface area contributed by atoms with E-state index in [1.165, 1.54) is 30.5 Å². The number of carbonyl (C=O) groups is 1. The number of aromatic nitrogens is 2. The third-order valence-electron chi connectivity index (χ3n) is 4.66. The first-order valence-electron chi connectivity index (χ1n) is 9.82. The van der Waals surface area contributed by atoms with E-state index in [2.05, 4.69) is 20.0 Å². The second kappa shape index (κ2) is 9.95. The number of halogens is 1. The van der Waals surface area contributed by atoms with Crippen LogP contribution in [0.3, 0.4) is 0 Å². The molecule has 0 saturated heterocycles. The zero-order valence-corrected chi connectivity index (χ0v) is 20.9. The molecule has 3 rings (SSSR count). The van der Waals surface area contributed by atoms with Crippen molar-refractivity contribution in [3.05, 3.63) is 71.0 Å². The Hall–Kier alpha value is -3.22. The van der Waals surface area contributed by atoms with E-state index in [9.17, 15) is 21.6 Å². The molecule has 0 saturated carbocycles. The minimum Gasteiger partial charge on any atom is -0.325 e. The third kappa shape index (κ3) is 6.22. The second-order valence-electron chi connectivity index (χ2n) is 7.35. The number of benzene rings is 2. The van der Waals surface area contributed by atoms with E-state index in [4.69, 9.17) is 11.6 Å². The molecule has 2 N–H and O–H groups in total. The molecule has 0 aliphatic carbocycles. The van der Waals surface area contributed by atoms with Crippen molar-refractivity contribution in [3.8, 4) is 0 Å². The quantitative estimate of drug-likeness (QED) is 0.462. The molecule has 0 spiro atoms.